The molecule has 1 atom stereocenters. The third kappa shape index (κ3) is 52.8. The lowest BCUT2D eigenvalue weighted by Gasteiger charge is -2.18. The summed E-state index contributed by atoms with van der Waals surface area (Å²) >= 11 is 0. The van der Waals surface area contributed by atoms with E-state index in [1.54, 1.807) is 0 Å². The molecule has 0 rings (SSSR count). The highest BCUT2D eigenvalue weighted by atomic mass is 16.6. The minimum atomic E-state index is -0.818. The van der Waals surface area contributed by atoms with Gasteiger partial charge in [-0.2, -0.15) is 0 Å². The Hall–Kier alpha value is -4.19. The summed E-state index contributed by atoms with van der Waals surface area (Å²) < 4.78 is 16.7. The van der Waals surface area contributed by atoms with Gasteiger partial charge in [-0.1, -0.05) is 239 Å². The van der Waals surface area contributed by atoms with Crippen LogP contribution in [-0.4, -0.2) is 37.2 Å². The number of allylic oxidation sites excluding steroid dienone is 20. The third-order valence-corrected chi connectivity index (χ3v) is 11.2. The van der Waals surface area contributed by atoms with Gasteiger partial charge in [0.15, 0.2) is 6.10 Å². The second-order valence-electron chi connectivity index (χ2n) is 17.7. The van der Waals surface area contributed by atoms with Crippen molar-refractivity contribution in [1.82, 2.24) is 0 Å². The van der Waals surface area contributed by atoms with E-state index in [1.165, 1.54) is 83.5 Å². The van der Waals surface area contributed by atoms with Crippen LogP contribution in [0, 0.1) is 0 Å². The fourth-order valence-electron chi connectivity index (χ4n) is 7.16. The lowest BCUT2D eigenvalue weighted by Crippen LogP contribution is -2.30. The van der Waals surface area contributed by atoms with Gasteiger partial charge in [-0.15, -0.1) is 0 Å². The minimum absolute atomic E-state index is 0.111. The van der Waals surface area contributed by atoms with E-state index < -0.39 is 12.1 Å². The molecule has 0 amide bonds. The summed E-state index contributed by atoms with van der Waals surface area (Å²) in [5.74, 6) is -1.01. The number of esters is 3. The number of ether oxygens (including phenoxy) is 3. The fraction of sp³-hybridized carbons (Fsp3) is 0.629. The molecule has 68 heavy (non-hydrogen) atoms. The van der Waals surface area contributed by atoms with Crippen molar-refractivity contribution in [2.75, 3.05) is 13.2 Å². The first-order valence-electron chi connectivity index (χ1n) is 27.5. The van der Waals surface area contributed by atoms with Crippen molar-refractivity contribution < 1.29 is 28.6 Å². The zero-order valence-corrected chi connectivity index (χ0v) is 43.8. The highest BCUT2D eigenvalue weighted by Crippen LogP contribution is 2.14. The third-order valence-electron chi connectivity index (χ3n) is 11.2. The molecular formula is C62H100O6. The average Bonchev–Trinajstić information content (AvgIpc) is 3.34. The molecule has 0 aromatic carbocycles. The summed E-state index contributed by atoms with van der Waals surface area (Å²) in [5, 5.41) is 0. The summed E-state index contributed by atoms with van der Waals surface area (Å²) in [6, 6.07) is 0. The van der Waals surface area contributed by atoms with Crippen LogP contribution in [0.5, 0.6) is 0 Å². The molecule has 0 heterocycles. The van der Waals surface area contributed by atoms with Gasteiger partial charge in [-0.05, 0) is 96.3 Å². The van der Waals surface area contributed by atoms with Crippen LogP contribution in [0.4, 0.5) is 0 Å². The van der Waals surface area contributed by atoms with Crippen LogP contribution in [-0.2, 0) is 28.6 Å². The Balaban J connectivity index is 4.26. The van der Waals surface area contributed by atoms with Crippen molar-refractivity contribution in [2.24, 2.45) is 0 Å². The number of unbranched alkanes of at least 4 members (excludes halogenated alkanes) is 17. The monoisotopic (exact) mass is 941 g/mol. The average molecular weight is 941 g/mol. The van der Waals surface area contributed by atoms with Crippen molar-refractivity contribution >= 4 is 17.9 Å². The second kappa shape index (κ2) is 55.4. The quantitative estimate of drug-likeness (QED) is 0.0262. The molecule has 0 N–H and O–H groups in total. The molecule has 0 fully saturated rings. The second-order valence-corrected chi connectivity index (χ2v) is 17.7. The summed E-state index contributed by atoms with van der Waals surface area (Å²) in [6.45, 7) is 6.28. The molecule has 6 nitrogen and oxygen atoms in total. The number of hydrogen-bond donors (Lipinski definition) is 0. The predicted molar refractivity (Wildman–Crippen MR) is 293 cm³/mol. The van der Waals surface area contributed by atoms with Crippen LogP contribution in [0.15, 0.2) is 122 Å². The van der Waals surface area contributed by atoms with Gasteiger partial charge in [0.1, 0.15) is 13.2 Å². The summed E-state index contributed by atoms with van der Waals surface area (Å²) in [5.41, 5.74) is 0. The first-order chi connectivity index (χ1) is 33.5. The first kappa shape index (κ1) is 63.8. The number of hydrogen-bond acceptors (Lipinski definition) is 6. The zero-order valence-electron chi connectivity index (χ0n) is 43.8. The van der Waals surface area contributed by atoms with E-state index in [2.05, 4.69) is 130 Å². The molecule has 0 saturated carbocycles. The van der Waals surface area contributed by atoms with Gasteiger partial charge in [-0.3, -0.25) is 14.4 Å². The Bertz CT molecular complexity index is 1450. The van der Waals surface area contributed by atoms with Gasteiger partial charge in [0, 0.05) is 19.3 Å². The molecule has 384 valence electrons. The largest absolute Gasteiger partial charge is 0.462 e. The standard InChI is InChI=1S/C62H100O6/c1-4-7-10-13-16-18-20-22-24-26-28-29-30-31-32-33-35-36-38-40-42-44-46-49-52-55-61(64)67-58-59(57-66-60(63)54-51-48-15-12-9-6-3)68-62(65)56-53-50-47-45-43-41-39-37-34-27-25-23-21-19-17-14-11-8-5-2/h7-8,10-11,16-19,22-25,28-29,34,37,41,43,47,50,59H,4-6,9,12-15,20-21,26-27,30-33,35-36,38-40,42,44-46,48-49,51-58H2,1-3H3/b10-7-,11-8-,18-16-,19-17-,24-22-,25-23-,29-28-,37-34-,43-41-,50-47-. The van der Waals surface area contributed by atoms with E-state index in [4.69, 9.17) is 14.2 Å². The molecule has 0 aliphatic carbocycles. The summed E-state index contributed by atoms with van der Waals surface area (Å²) in [4.78, 5) is 37.8. The maximum Gasteiger partial charge on any atom is 0.306 e. The molecule has 0 aliphatic heterocycles. The van der Waals surface area contributed by atoms with Crippen molar-refractivity contribution in [3.63, 3.8) is 0 Å². The van der Waals surface area contributed by atoms with Crippen molar-refractivity contribution in [3.8, 4) is 0 Å². The van der Waals surface area contributed by atoms with E-state index in [0.29, 0.717) is 19.3 Å². The maximum atomic E-state index is 12.7. The lowest BCUT2D eigenvalue weighted by atomic mass is 10.0. The Morgan fingerprint density at radius 3 is 0.956 bits per heavy atom. The minimum Gasteiger partial charge on any atom is -0.462 e. The van der Waals surface area contributed by atoms with Crippen molar-refractivity contribution in [1.29, 1.82) is 0 Å². The van der Waals surface area contributed by atoms with Crippen LogP contribution < -0.4 is 0 Å². The molecule has 0 saturated heterocycles. The normalized spacial score (nSPS) is 13.0. The fourth-order valence-corrected chi connectivity index (χ4v) is 7.16. The molecule has 0 aliphatic rings. The highest BCUT2D eigenvalue weighted by molar-refractivity contribution is 5.71. The van der Waals surface area contributed by atoms with Gasteiger partial charge in [0.05, 0.1) is 0 Å². The molecule has 6 heteroatoms. The smallest absolute Gasteiger partial charge is 0.306 e. The SMILES string of the molecule is CC/C=C\C/C=C\C/C=C\C/C=C\C/C=C\C/C=C\CCC(=O)OC(COC(=O)CCCCCCCC)COC(=O)CCCCCCCCCCCCCC/C=C\C/C=C\C/C=C\C/C=C\CC. The van der Waals surface area contributed by atoms with Gasteiger partial charge in [0.2, 0.25) is 0 Å². The summed E-state index contributed by atoms with van der Waals surface area (Å²) in [6.07, 6.45) is 76.6. The zero-order chi connectivity index (χ0) is 49.3. The van der Waals surface area contributed by atoms with Crippen LogP contribution in [0.3, 0.4) is 0 Å². The van der Waals surface area contributed by atoms with E-state index in [-0.39, 0.29) is 31.6 Å². The molecule has 1 unspecified atom stereocenters. The van der Waals surface area contributed by atoms with Gasteiger partial charge < -0.3 is 14.2 Å². The Morgan fingerprint density at radius 2 is 0.603 bits per heavy atom. The molecule has 0 aromatic heterocycles. The maximum absolute atomic E-state index is 12.7. The summed E-state index contributed by atoms with van der Waals surface area (Å²) in [7, 11) is 0. The van der Waals surface area contributed by atoms with Crippen LogP contribution >= 0.6 is 0 Å². The number of carbonyl (C=O) groups excluding carboxylic acids is 3. The number of carbonyl (C=O) groups is 3. The number of rotatable bonds is 48. The molecule has 0 aromatic rings. The lowest BCUT2D eigenvalue weighted by molar-refractivity contribution is -0.166. The van der Waals surface area contributed by atoms with Crippen LogP contribution in [0.1, 0.15) is 233 Å². The van der Waals surface area contributed by atoms with Crippen molar-refractivity contribution in [2.45, 2.75) is 239 Å². The predicted octanol–water partition coefficient (Wildman–Crippen LogP) is 18.5. The molecule has 0 spiro atoms. The van der Waals surface area contributed by atoms with Gasteiger partial charge in [-0.25, -0.2) is 0 Å². The van der Waals surface area contributed by atoms with Crippen LogP contribution in [0.25, 0.3) is 0 Å². The van der Waals surface area contributed by atoms with E-state index in [0.717, 1.165) is 103 Å². The Kier molecular flexibility index (Phi) is 52.0. The first-order valence-corrected chi connectivity index (χ1v) is 27.5. The van der Waals surface area contributed by atoms with E-state index in [1.807, 2.05) is 12.2 Å². The Labute approximate surface area is 418 Å². The Morgan fingerprint density at radius 1 is 0.309 bits per heavy atom. The molecular weight excluding hydrogens is 841 g/mol. The van der Waals surface area contributed by atoms with E-state index in [9.17, 15) is 14.4 Å². The topological polar surface area (TPSA) is 78.9 Å². The molecule has 0 radical (unpaired) electrons. The van der Waals surface area contributed by atoms with Gasteiger partial charge in [0.25, 0.3) is 0 Å². The van der Waals surface area contributed by atoms with Gasteiger partial charge >= 0.3 is 17.9 Å². The van der Waals surface area contributed by atoms with Crippen LogP contribution in [0.2, 0.25) is 0 Å². The molecule has 0 bridgehead atoms. The highest BCUT2D eigenvalue weighted by Gasteiger charge is 2.19. The van der Waals surface area contributed by atoms with Crippen molar-refractivity contribution in [3.05, 3.63) is 122 Å². The van der Waals surface area contributed by atoms with E-state index >= 15 is 0 Å².